The number of fused-ring (bicyclic) bond motifs is 1. The first-order valence-electron chi connectivity index (χ1n) is 12.3. The number of thiol groups is 1. The van der Waals surface area contributed by atoms with Gasteiger partial charge in [-0.1, -0.05) is 36.9 Å². The molecule has 1 aliphatic heterocycles. The third kappa shape index (κ3) is 3.96. The maximum Gasteiger partial charge on any atom is 0.320 e. The highest BCUT2D eigenvalue weighted by Crippen LogP contribution is 2.85. The van der Waals surface area contributed by atoms with Gasteiger partial charge in [0.1, 0.15) is 11.7 Å². The summed E-state index contributed by atoms with van der Waals surface area (Å²) in [6.45, 7) is 8.94. The van der Waals surface area contributed by atoms with Crippen LogP contribution in [0.3, 0.4) is 0 Å². The Hall–Kier alpha value is -2.74. The molecule has 0 aromatic heterocycles. The molecule has 3 N–H and O–H groups in total. The second kappa shape index (κ2) is 9.72. The summed E-state index contributed by atoms with van der Waals surface area (Å²) in [5.74, 6) is 2.31. The van der Waals surface area contributed by atoms with Crippen LogP contribution in [-0.2, 0) is 4.79 Å². The number of carbonyl (C=O) groups is 2. The first kappa shape index (κ1) is 25.4. The molecule has 6 atom stereocenters. The molecule has 6 rings (SSSR count). The van der Waals surface area contributed by atoms with Gasteiger partial charge < -0.3 is 15.3 Å². The molecular weight excluding hydrogens is 460 g/mol. The zero-order valence-electron chi connectivity index (χ0n) is 20.7. The molecule has 4 aliphatic carbocycles. The lowest BCUT2D eigenvalue weighted by molar-refractivity contribution is -0.173. The zero-order chi connectivity index (χ0) is 25.4. The van der Waals surface area contributed by atoms with Crippen LogP contribution < -0.4 is 10.6 Å². The van der Waals surface area contributed by atoms with Crippen molar-refractivity contribution in [3.05, 3.63) is 60.6 Å². The SMILES string of the molecule is C=C1N=C(NC(=O)NCC)C=CN1C1(C)CC23C(CCC(=O)O)CC2C1C3c1ccccc1.CS. The number of benzene rings is 1. The fourth-order valence-electron chi connectivity index (χ4n) is 7.64. The van der Waals surface area contributed by atoms with Gasteiger partial charge in [0, 0.05) is 24.7 Å². The Bertz CT molecular complexity index is 1060. The molecule has 35 heavy (non-hydrogen) atoms. The minimum atomic E-state index is -0.712. The Morgan fingerprint density at radius 2 is 2.00 bits per heavy atom. The Morgan fingerprint density at radius 1 is 1.29 bits per heavy atom. The van der Waals surface area contributed by atoms with Gasteiger partial charge in [-0.2, -0.15) is 12.6 Å². The zero-order valence-corrected chi connectivity index (χ0v) is 21.6. The molecular formula is C27H36N4O3S. The minimum absolute atomic E-state index is 0.146. The highest BCUT2D eigenvalue weighted by Gasteiger charge is 2.82. The quantitative estimate of drug-likeness (QED) is 0.433. The lowest BCUT2D eigenvalue weighted by Crippen LogP contribution is -2.63. The van der Waals surface area contributed by atoms with Crippen LogP contribution in [0.1, 0.15) is 51.0 Å². The molecule has 2 amide bonds. The number of carboxylic acids is 1. The molecule has 1 aromatic carbocycles. The van der Waals surface area contributed by atoms with Gasteiger partial charge in [0.25, 0.3) is 0 Å². The number of hydrogen-bond acceptors (Lipinski definition) is 5. The molecule has 1 aromatic rings. The van der Waals surface area contributed by atoms with Crippen molar-refractivity contribution in [2.75, 3.05) is 12.8 Å². The number of urea groups is 1. The number of nitrogens with zero attached hydrogens (tertiary/aromatic N) is 2. The number of aliphatic imine (C=N–C) groups is 1. The third-order valence-electron chi connectivity index (χ3n) is 8.65. The molecule has 188 valence electrons. The number of hydrogen-bond donors (Lipinski definition) is 4. The molecule has 7 nitrogen and oxygen atoms in total. The minimum Gasteiger partial charge on any atom is -0.481 e. The van der Waals surface area contributed by atoms with Crippen LogP contribution in [0.25, 0.3) is 0 Å². The second-order valence-electron chi connectivity index (χ2n) is 10.1. The topological polar surface area (TPSA) is 94.0 Å². The van der Waals surface area contributed by atoms with E-state index in [1.54, 1.807) is 6.26 Å². The van der Waals surface area contributed by atoms with E-state index < -0.39 is 5.97 Å². The van der Waals surface area contributed by atoms with Crippen molar-refractivity contribution in [1.29, 1.82) is 0 Å². The first-order valence-corrected chi connectivity index (χ1v) is 13.2. The van der Waals surface area contributed by atoms with E-state index in [0.717, 1.165) is 19.3 Å². The molecule has 0 radical (unpaired) electrons. The number of aliphatic carboxylic acids is 1. The lowest BCUT2D eigenvalue weighted by atomic mass is 9.35. The average molecular weight is 497 g/mol. The van der Waals surface area contributed by atoms with Crippen molar-refractivity contribution >= 4 is 30.5 Å². The van der Waals surface area contributed by atoms with Crippen LogP contribution in [0, 0.1) is 23.2 Å². The van der Waals surface area contributed by atoms with Gasteiger partial charge in [-0.15, -0.1) is 0 Å². The van der Waals surface area contributed by atoms with Gasteiger partial charge in [-0.05, 0) is 80.1 Å². The van der Waals surface area contributed by atoms with Crippen LogP contribution in [0.2, 0.25) is 0 Å². The summed E-state index contributed by atoms with van der Waals surface area (Å²) in [4.78, 5) is 30.0. The van der Waals surface area contributed by atoms with Gasteiger partial charge in [0.2, 0.25) is 0 Å². The van der Waals surface area contributed by atoms with E-state index in [1.165, 1.54) is 5.56 Å². The maximum absolute atomic E-state index is 11.9. The summed E-state index contributed by atoms with van der Waals surface area (Å²) < 4.78 is 0. The summed E-state index contributed by atoms with van der Waals surface area (Å²) in [5.41, 5.74) is 1.35. The Kier molecular flexibility index (Phi) is 7.04. The third-order valence-corrected chi connectivity index (χ3v) is 8.65. The van der Waals surface area contributed by atoms with E-state index >= 15 is 0 Å². The second-order valence-corrected chi connectivity index (χ2v) is 10.1. The summed E-state index contributed by atoms with van der Waals surface area (Å²) in [6, 6.07) is 10.4. The largest absolute Gasteiger partial charge is 0.481 e. The number of amides is 2. The fraction of sp³-hybridized carbons (Fsp3) is 0.519. The Labute approximate surface area is 213 Å². The molecule has 4 fully saturated rings. The van der Waals surface area contributed by atoms with Gasteiger partial charge >= 0.3 is 12.0 Å². The monoisotopic (exact) mass is 496 g/mol. The molecule has 4 saturated carbocycles. The van der Waals surface area contributed by atoms with Crippen LogP contribution in [0.4, 0.5) is 4.79 Å². The van der Waals surface area contributed by atoms with Crippen molar-refractivity contribution in [2.45, 2.75) is 51.0 Å². The average Bonchev–Trinajstić information content (AvgIpc) is 3.23. The predicted molar refractivity (Wildman–Crippen MR) is 141 cm³/mol. The molecule has 8 heteroatoms. The molecule has 1 heterocycles. The summed E-state index contributed by atoms with van der Waals surface area (Å²) in [6.07, 6.45) is 8.61. The summed E-state index contributed by atoms with van der Waals surface area (Å²) in [5, 5.41) is 14.8. The van der Waals surface area contributed by atoms with E-state index in [4.69, 9.17) is 0 Å². The van der Waals surface area contributed by atoms with E-state index in [0.29, 0.717) is 41.9 Å². The fourth-order valence-corrected chi connectivity index (χ4v) is 7.64. The highest BCUT2D eigenvalue weighted by atomic mass is 32.1. The molecule has 2 bridgehead atoms. The molecule has 6 unspecified atom stereocenters. The van der Waals surface area contributed by atoms with E-state index in [1.807, 2.05) is 25.3 Å². The number of nitrogens with one attached hydrogen (secondary N) is 2. The number of carbonyl (C=O) groups excluding carboxylic acids is 1. The van der Waals surface area contributed by atoms with Crippen molar-refractivity contribution in [3.8, 4) is 0 Å². The summed E-state index contributed by atoms with van der Waals surface area (Å²) >= 11 is 3.53. The number of amidine groups is 1. The van der Waals surface area contributed by atoms with Gasteiger partial charge in [0.15, 0.2) is 0 Å². The Balaban J connectivity index is 0.00000141. The van der Waals surface area contributed by atoms with Crippen molar-refractivity contribution in [1.82, 2.24) is 15.5 Å². The standard InChI is InChI=1S/C26H32N4O3.CH4S/c1-4-27-24(33)29-20-12-13-30(16(2)28-20)25(3)15-26-18(10-11-21(31)32)14-19(26)23(25)22(26)17-8-6-5-7-9-17;1-2/h5-9,12-13,18-19,22-23H,2,4,10-11,14-15H2,1,3H3,(H,31,32)(H2,27,28,29,33);2H,1H3. The van der Waals surface area contributed by atoms with Crippen LogP contribution in [-0.4, -0.2) is 46.2 Å². The van der Waals surface area contributed by atoms with Crippen molar-refractivity contribution in [2.24, 2.45) is 28.2 Å². The first-order chi connectivity index (χ1) is 16.8. The van der Waals surface area contributed by atoms with Gasteiger partial charge in [-0.25, -0.2) is 9.79 Å². The Morgan fingerprint density at radius 3 is 2.63 bits per heavy atom. The molecule has 1 spiro atoms. The van der Waals surface area contributed by atoms with Crippen LogP contribution in [0.5, 0.6) is 0 Å². The smallest absolute Gasteiger partial charge is 0.320 e. The van der Waals surface area contributed by atoms with Crippen molar-refractivity contribution < 1.29 is 14.7 Å². The van der Waals surface area contributed by atoms with Gasteiger partial charge in [0.05, 0.1) is 0 Å². The number of rotatable bonds is 6. The predicted octanol–water partition coefficient (Wildman–Crippen LogP) is 4.61. The number of carboxylic acid groups (broad SMARTS) is 1. The van der Waals surface area contributed by atoms with E-state index in [-0.39, 0.29) is 23.4 Å². The van der Waals surface area contributed by atoms with Gasteiger partial charge in [-0.3, -0.25) is 10.1 Å². The molecule has 5 aliphatic rings. The van der Waals surface area contributed by atoms with Crippen molar-refractivity contribution in [3.63, 3.8) is 0 Å². The summed E-state index contributed by atoms with van der Waals surface area (Å²) in [7, 11) is 0. The van der Waals surface area contributed by atoms with E-state index in [2.05, 4.69) is 70.9 Å². The highest BCUT2D eigenvalue weighted by molar-refractivity contribution is 7.79. The maximum atomic E-state index is 11.9. The lowest BCUT2D eigenvalue weighted by Gasteiger charge is -2.68. The normalized spacial score (nSPS) is 33.9. The van der Waals surface area contributed by atoms with Crippen LogP contribution >= 0.6 is 12.6 Å². The van der Waals surface area contributed by atoms with Crippen LogP contribution in [0.15, 0.2) is 60.0 Å². The van der Waals surface area contributed by atoms with E-state index in [9.17, 15) is 14.7 Å². The molecule has 0 saturated heterocycles.